The third kappa shape index (κ3) is 2.95. The lowest BCUT2D eigenvalue weighted by molar-refractivity contribution is -0.120. The monoisotopic (exact) mass is 225 g/mol. The summed E-state index contributed by atoms with van der Waals surface area (Å²) < 4.78 is 0. The number of piperidine rings is 1. The van der Waals surface area contributed by atoms with Crippen molar-refractivity contribution in [2.45, 2.75) is 57.2 Å². The van der Waals surface area contributed by atoms with Gasteiger partial charge in [-0.25, -0.2) is 0 Å². The third-order valence-electron chi connectivity index (χ3n) is 3.90. The summed E-state index contributed by atoms with van der Waals surface area (Å²) in [6.45, 7) is 3.83. The molecule has 2 unspecified atom stereocenters. The molecule has 0 bridgehead atoms. The number of nitrogens with one attached hydrogen (secondary N) is 1. The Labute approximate surface area is 97.6 Å². The lowest BCUT2D eigenvalue weighted by atomic mass is 10.0. The standard InChI is InChI=1S/C12H23N3O/c1-9(16)14-11-4-6-15(7-5-11)12-3-2-10(13)8-12/h10-12H,2-8,13H2,1H3,(H,14,16). The first kappa shape index (κ1) is 11.9. The first-order valence-corrected chi connectivity index (χ1v) is 6.42. The molecule has 0 radical (unpaired) electrons. The predicted molar refractivity (Wildman–Crippen MR) is 64.0 cm³/mol. The van der Waals surface area contributed by atoms with Crippen molar-refractivity contribution in [3.05, 3.63) is 0 Å². The van der Waals surface area contributed by atoms with Crippen LogP contribution in [0.2, 0.25) is 0 Å². The van der Waals surface area contributed by atoms with Gasteiger partial charge in [-0.1, -0.05) is 0 Å². The summed E-state index contributed by atoms with van der Waals surface area (Å²) in [5.74, 6) is 0.0985. The molecular formula is C12H23N3O. The lowest BCUT2D eigenvalue weighted by Crippen LogP contribution is -2.47. The van der Waals surface area contributed by atoms with Crippen molar-refractivity contribution >= 4 is 5.91 Å². The van der Waals surface area contributed by atoms with Crippen LogP contribution >= 0.6 is 0 Å². The molecule has 2 aliphatic rings. The summed E-state index contributed by atoms with van der Waals surface area (Å²) in [6.07, 6.45) is 5.77. The van der Waals surface area contributed by atoms with Crippen LogP contribution in [0.4, 0.5) is 0 Å². The SMILES string of the molecule is CC(=O)NC1CCN(C2CCC(N)C2)CC1. The van der Waals surface area contributed by atoms with Crippen molar-refractivity contribution in [2.24, 2.45) is 5.73 Å². The summed E-state index contributed by atoms with van der Waals surface area (Å²) >= 11 is 0. The van der Waals surface area contributed by atoms with Gasteiger partial charge in [0.15, 0.2) is 0 Å². The van der Waals surface area contributed by atoms with E-state index in [9.17, 15) is 4.79 Å². The molecule has 1 aliphatic carbocycles. The van der Waals surface area contributed by atoms with Crippen molar-refractivity contribution in [3.8, 4) is 0 Å². The van der Waals surface area contributed by atoms with Crippen molar-refractivity contribution in [3.63, 3.8) is 0 Å². The van der Waals surface area contributed by atoms with E-state index in [1.807, 2.05) is 0 Å². The zero-order valence-corrected chi connectivity index (χ0v) is 10.1. The molecule has 3 N–H and O–H groups in total. The van der Waals surface area contributed by atoms with Gasteiger partial charge >= 0.3 is 0 Å². The zero-order chi connectivity index (χ0) is 11.5. The fourth-order valence-electron chi connectivity index (χ4n) is 3.02. The molecule has 1 heterocycles. The molecular weight excluding hydrogens is 202 g/mol. The molecule has 4 nitrogen and oxygen atoms in total. The first-order valence-electron chi connectivity index (χ1n) is 6.42. The van der Waals surface area contributed by atoms with E-state index in [4.69, 9.17) is 5.73 Å². The van der Waals surface area contributed by atoms with E-state index in [2.05, 4.69) is 10.2 Å². The van der Waals surface area contributed by atoms with Gasteiger partial charge in [-0.15, -0.1) is 0 Å². The fourth-order valence-corrected chi connectivity index (χ4v) is 3.02. The summed E-state index contributed by atoms with van der Waals surface area (Å²) in [6, 6.07) is 1.51. The molecule has 0 aromatic rings. The molecule has 16 heavy (non-hydrogen) atoms. The Morgan fingerprint density at radius 3 is 2.44 bits per heavy atom. The topological polar surface area (TPSA) is 58.4 Å². The number of carbonyl (C=O) groups is 1. The molecule has 1 amide bonds. The van der Waals surface area contributed by atoms with Crippen LogP contribution in [0, 0.1) is 0 Å². The van der Waals surface area contributed by atoms with E-state index in [1.54, 1.807) is 6.92 Å². The Balaban J connectivity index is 1.74. The molecule has 2 rings (SSSR count). The van der Waals surface area contributed by atoms with Gasteiger partial charge < -0.3 is 16.0 Å². The van der Waals surface area contributed by atoms with Crippen LogP contribution in [0.25, 0.3) is 0 Å². The molecule has 1 saturated heterocycles. The highest BCUT2D eigenvalue weighted by molar-refractivity contribution is 5.73. The quantitative estimate of drug-likeness (QED) is 0.718. The van der Waals surface area contributed by atoms with Crippen LogP contribution < -0.4 is 11.1 Å². The molecule has 0 aromatic carbocycles. The average Bonchev–Trinajstić information content (AvgIpc) is 2.65. The summed E-state index contributed by atoms with van der Waals surface area (Å²) in [5.41, 5.74) is 5.94. The second kappa shape index (κ2) is 5.15. The second-order valence-corrected chi connectivity index (χ2v) is 5.24. The molecule has 0 aromatic heterocycles. The molecule has 2 fully saturated rings. The predicted octanol–water partition coefficient (Wildman–Crippen LogP) is 0.467. The van der Waals surface area contributed by atoms with Gasteiger partial charge in [0, 0.05) is 38.1 Å². The van der Waals surface area contributed by atoms with Gasteiger partial charge in [-0.05, 0) is 32.1 Å². The van der Waals surface area contributed by atoms with Gasteiger partial charge in [0.2, 0.25) is 5.91 Å². The maximum absolute atomic E-state index is 11.0. The zero-order valence-electron chi connectivity index (χ0n) is 10.1. The average molecular weight is 225 g/mol. The number of rotatable bonds is 2. The van der Waals surface area contributed by atoms with Crippen molar-refractivity contribution in [1.82, 2.24) is 10.2 Å². The highest BCUT2D eigenvalue weighted by Crippen LogP contribution is 2.25. The van der Waals surface area contributed by atoms with E-state index in [0.717, 1.165) is 32.4 Å². The number of hydrogen-bond acceptors (Lipinski definition) is 3. The Bertz CT molecular complexity index is 249. The van der Waals surface area contributed by atoms with Crippen LogP contribution in [0.15, 0.2) is 0 Å². The Morgan fingerprint density at radius 1 is 1.25 bits per heavy atom. The minimum atomic E-state index is 0.0985. The van der Waals surface area contributed by atoms with Crippen molar-refractivity contribution in [1.29, 1.82) is 0 Å². The molecule has 92 valence electrons. The van der Waals surface area contributed by atoms with Crippen LogP contribution in [-0.4, -0.2) is 42.0 Å². The first-order chi connectivity index (χ1) is 7.65. The van der Waals surface area contributed by atoms with Crippen LogP contribution in [-0.2, 0) is 4.79 Å². The molecule has 1 saturated carbocycles. The van der Waals surface area contributed by atoms with Gasteiger partial charge in [-0.3, -0.25) is 4.79 Å². The maximum Gasteiger partial charge on any atom is 0.217 e. The number of nitrogens with zero attached hydrogens (tertiary/aromatic N) is 1. The summed E-state index contributed by atoms with van der Waals surface area (Å²) in [7, 11) is 0. The normalized spacial score (nSPS) is 32.9. The number of hydrogen-bond donors (Lipinski definition) is 2. The number of likely N-dealkylation sites (tertiary alicyclic amines) is 1. The van der Waals surface area contributed by atoms with Crippen LogP contribution in [0.5, 0.6) is 0 Å². The molecule has 2 atom stereocenters. The second-order valence-electron chi connectivity index (χ2n) is 5.24. The number of nitrogens with two attached hydrogens (primary N) is 1. The van der Waals surface area contributed by atoms with E-state index >= 15 is 0 Å². The Kier molecular flexibility index (Phi) is 3.82. The molecule has 1 aliphatic heterocycles. The number of carbonyl (C=O) groups excluding carboxylic acids is 1. The van der Waals surface area contributed by atoms with E-state index in [1.165, 1.54) is 12.8 Å². The van der Waals surface area contributed by atoms with Gasteiger partial charge in [-0.2, -0.15) is 0 Å². The largest absolute Gasteiger partial charge is 0.354 e. The van der Waals surface area contributed by atoms with E-state index in [0.29, 0.717) is 18.1 Å². The minimum absolute atomic E-state index is 0.0985. The maximum atomic E-state index is 11.0. The van der Waals surface area contributed by atoms with Crippen molar-refractivity contribution < 1.29 is 4.79 Å². The number of amides is 1. The van der Waals surface area contributed by atoms with Gasteiger partial charge in [0.05, 0.1) is 0 Å². The van der Waals surface area contributed by atoms with E-state index in [-0.39, 0.29) is 5.91 Å². The molecule has 4 heteroatoms. The third-order valence-corrected chi connectivity index (χ3v) is 3.90. The highest BCUT2D eigenvalue weighted by Gasteiger charge is 2.30. The smallest absolute Gasteiger partial charge is 0.217 e. The van der Waals surface area contributed by atoms with E-state index < -0.39 is 0 Å². The highest BCUT2D eigenvalue weighted by atomic mass is 16.1. The lowest BCUT2D eigenvalue weighted by Gasteiger charge is -2.36. The van der Waals surface area contributed by atoms with Crippen LogP contribution in [0.3, 0.4) is 0 Å². The van der Waals surface area contributed by atoms with Crippen LogP contribution in [0.1, 0.15) is 39.0 Å². The summed E-state index contributed by atoms with van der Waals surface area (Å²) in [4.78, 5) is 13.5. The van der Waals surface area contributed by atoms with Crippen molar-refractivity contribution in [2.75, 3.05) is 13.1 Å². The Hall–Kier alpha value is -0.610. The molecule has 0 spiro atoms. The van der Waals surface area contributed by atoms with Gasteiger partial charge in [0.1, 0.15) is 0 Å². The summed E-state index contributed by atoms with van der Waals surface area (Å²) in [5, 5.41) is 3.01. The van der Waals surface area contributed by atoms with Gasteiger partial charge in [0.25, 0.3) is 0 Å². The Morgan fingerprint density at radius 2 is 1.94 bits per heavy atom. The fraction of sp³-hybridized carbons (Fsp3) is 0.917. The minimum Gasteiger partial charge on any atom is -0.354 e.